The zero-order valence-corrected chi connectivity index (χ0v) is 15.0. The normalized spacial score (nSPS) is 14.8. The quantitative estimate of drug-likeness (QED) is 0.511. The average Bonchev–Trinajstić information content (AvgIpc) is 2.74. The first kappa shape index (κ1) is 17.8. The fraction of sp³-hybridized carbons (Fsp3) is 0.250. The van der Waals surface area contributed by atoms with E-state index in [4.69, 9.17) is 4.74 Å². The highest BCUT2D eigenvalue weighted by molar-refractivity contribution is 5.94. The molecule has 0 atom stereocenters. The Balaban J connectivity index is 1.39. The molecule has 0 N–H and O–H groups in total. The molecule has 2 aromatic carbocycles. The van der Waals surface area contributed by atoms with Crippen LogP contribution in [0.5, 0.6) is 5.88 Å². The molecular formula is C20H18N4O4. The number of carbonyl (C=O) groups excluding carboxylic acids is 1. The molecule has 0 spiro atoms. The fourth-order valence-corrected chi connectivity index (χ4v) is 3.33. The molecule has 0 aliphatic carbocycles. The van der Waals surface area contributed by atoms with E-state index in [1.165, 1.54) is 24.3 Å². The van der Waals surface area contributed by atoms with Crippen molar-refractivity contribution in [2.75, 3.05) is 13.1 Å². The Morgan fingerprint density at radius 2 is 1.82 bits per heavy atom. The fourth-order valence-electron chi connectivity index (χ4n) is 3.33. The van der Waals surface area contributed by atoms with Crippen molar-refractivity contribution in [2.24, 2.45) is 0 Å². The largest absolute Gasteiger partial charge is 0.473 e. The standard InChI is InChI=1S/C20H18N4O4/c25-20(14-5-7-16(8-6-14)24(26)27)23-11-9-17(10-12-23)28-19-18-4-2-1-3-15(18)13-21-22-19/h1-8,13,17H,9-12H2. The zero-order valence-electron chi connectivity index (χ0n) is 15.0. The van der Waals surface area contributed by atoms with E-state index in [0.29, 0.717) is 37.4 Å². The lowest BCUT2D eigenvalue weighted by molar-refractivity contribution is -0.384. The zero-order chi connectivity index (χ0) is 19.5. The Hall–Kier alpha value is -3.55. The highest BCUT2D eigenvalue weighted by atomic mass is 16.6. The van der Waals surface area contributed by atoms with E-state index in [1.807, 2.05) is 24.3 Å². The van der Waals surface area contributed by atoms with E-state index in [-0.39, 0.29) is 17.7 Å². The molecule has 1 aliphatic rings. The number of likely N-dealkylation sites (tertiary alicyclic amines) is 1. The molecule has 0 saturated carbocycles. The molecule has 1 amide bonds. The van der Waals surface area contributed by atoms with E-state index >= 15 is 0 Å². The minimum atomic E-state index is -0.479. The molecule has 8 nitrogen and oxygen atoms in total. The first-order valence-corrected chi connectivity index (χ1v) is 9.02. The number of amides is 1. The monoisotopic (exact) mass is 378 g/mol. The second-order valence-electron chi connectivity index (χ2n) is 6.65. The summed E-state index contributed by atoms with van der Waals surface area (Å²) in [5, 5.41) is 20.7. The number of carbonyl (C=O) groups is 1. The Kier molecular flexibility index (Phi) is 4.84. The molecule has 28 heavy (non-hydrogen) atoms. The van der Waals surface area contributed by atoms with Crippen molar-refractivity contribution in [2.45, 2.75) is 18.9 Å². The third kappa shape index (κ3) is 3.62. The van der Waals surface area contributed by atoms with Crippen LogP contribution >= 0.6 is 0 Å². The van der Waals surface area contributed by atoms with Gasteiger partial charge >= 0.3 is 0 Å². The first-order valence-electron chi connectivity index (χ1n) is 9.02. The number of nitro benzene ring substituents is 1. The van der Waals surface area contributed by atoms with Gasteiger partial charge in [-0.3, -0.25) is 14.9 Å². The minimum Gasteiger partial charge on any atom is -0.473 e. The van der Waals surface area contributed by atoms with Gasteiger partial charge in [-0.25, -0.2) is 0 Å². The van der Waals surface area contributed by atoms with Gasteiger partial charge in [0.1, 0.15) is 6.10 Å². The number of hydrogen-bond acceptors (Lipinski definition) is 6. The average molecular weight is 378 g/mol. The summed E-state index contributed by atoms with van der Waals surface area (Å²) in [6.45, 7) is 1.11. The SMILES string of the molecule is O=C(c1ccc([N+](=O)[O-])cc1)N1CCC(Oc2nncc3ccccc23)CC1. The van der Waals surface area contributed by atoms with Crippen molar-refractivity contribution >= 4 is 22.4 Å². The number of non-ortho nitro benzene ring substituents is 1. The summed E-state index contributed by atoms with van der Waals surface area (Å²) in [6, 6.07) is 13.5. The summed E-state index contributed by atoms with van der Waals surface area (Å²) in [6.07, 6.45) is 3.03. The number of ether oxygens (including phenoxy) is 1. The van der Waals surface area contributed by atoms with Gasteiger partial charge in [0, 0.05) is 54.4 Å². The van der Waals surface area contributed by atoms with Crippen LogP contribution in [-0.4, -0.2) is 45.1 Å². The molecule has 0 unspecified atom stereocenters. The highest BCUT2D eigenvalue weighted by Gasteiger charge is 2.25. The van der Waals surface area contributed by atoms with Gasteiger partial charge in [0.05, 0.1) is 11.1 Å². The topological polar surface area (TPSA) is 98.5 Å². The van der Waals surface area contributed by atoms with Crippen LogP contribution in [0.4, 0.5) is 5.69 Å². The van der Waals surface area contributed by atoms with E-state index < -0.39 is 4.92 Å². The van der Waals surface area contributed by atoms with Gasteiger partial charge in [-0.05, 0) is 18.2 Å². The maximum absolute atomic E-state index is 12.6. The number of benzene rings is 2. The van der Waals surface area contributed by atoms with Crippen molar-refractivity contribution in [3.05, 3.63) is 70.4 Å². The van der Waals surface area contributed by atoms with Gasteiger partial charge in [0.2, 0.25) is 5.88 Å². The Morgan fingerprint density at radius 1 is 1.11 bits per heavy atom. The lowest BCUT2D eigenvalue weighted by atomic mass is 10.1. The summed E-state index contributed by atoms with van der Waals surface area (Å²) in [4.78, 5) is 24.6. The summed E-state index contributed by atoms with van der Waals surface area (Å²) in [7, 11) is 0. The molecule has 0 bridgehead atoms. The summed E-state index contributed by atoms with van der Waals surface area (Å²) < 4.78 is 6.06. The smallest absolute Gasteiger partial charge is 0.269 e. The van der Waals surface area contributed by atoms with Gasteiger partial charge in [-0.2, -0.15) is 5.10 Å². The number of piperidine rings is 1. The summed E-state index contributed by atoms with van der Waals surface area (Å²) >= 11 is 0. The van der Waals surface area contributed by atoms with Crippen LogP contribution in [0.3, 0.4) is 0 Å². The van der Waals surface area contributed by atoms with Crippen LogP contribution in [0.2, 0.25) is 0 Å². The highest BCUT2D eigenvalue weighted by Crippen LogP contribution is 2.25. The molecule has 1 aromatic heterocycles. The summed E-state index contributed by atoms with van der Waals surface area (Å²) in [5.74, 6) is 0.386. The second-order valence-corrected chi connectivity index (χ2v) is 6.65. The molecule has 1 aliphatic heterocycles. The lowest BCUT2D eigenvalue weighted by Crippen LogP contribution is -2.41. The van der Waals surface area contributed by atoms with Crippen molar-refractivity contribution in [1.29, 1.82) is 0 Å². The maximum Gasteiger partial charge on any atom is 0.269 e. The Bertz CT molecular complexity index is 1010. The molecule has 142 valence electrons. The van der Waals surface area contributed by atoms with E-state index in [1.54, 1.807) is 11.1 Å². The van der Waals surface area contributed by atoms with Crippen LogP contribution in [0, 0.1) is 10.1 Å². The molecule has 8 heteroatoms. The van der Waals surface area contributed by atoms with Gasteiger partial charge in [0.25, 0.3) is 11.6 Å². The number of hydrogen-bond donors (Lipinski definition) is 0. The number of aromatic nitrogens is 2. The molecule has 3 aromatic rings. The van der Waals surface area contributed by atoms with E-state index in [9.17, 15) is 14.9 Å². The molecule has 2 heterocycles. The predicted molar refractivity (Wildman–Crippen MR) is 102 cm³/mol. The van der Waals surface area contributed by atoms with Crippen LogP contribution in [0.25, 0.3) is 10.8 Å². The first-order chi connectivity index (χ1) is 13.6. The van der Waals surface area contributed by atoms with Gasteiger partial charge in [-0.15, -0.1) is 5.10 Å². The summed E-state index contributed by atoms with van der Waals surface area (Å²) in [5.41, 5.74) is 0.421. The minimum absolute atomic E-state index is 0.0279. The Labute approximate surface area is 160 Å². The third-order valence-corrected chi connectivity index (χ3v) is 4.87. The van der Waals surface area contributed by atoms with Crippen LogP contribution < -0.4 is 4.74 Å². The lowest BCUT2D eigenvalue weighted by Gasteiger charge is -2.32. The van der Waals surface area contributed by atoms with Crippen LogP contribution in [0.1, 0.15) is 23.2 Å². The second kappa shape index (κ2) is 7.59. The predicted octanol–water partition coefficient (Wildman–Crippen LogP) is 3.22. The molecular weight excluding hydrogens is 360 g/mol. The van der Waals surface area contributed by atoms with Crippen molar-refractivity contribution in [3.63, 3.8) is 0 Å². The van der Waals surface area contributed by atoms with Gasteiger partial charge < -0.3 is 9.64 Å². The van der Waals surface area contributed by atoms with Crippen molar-refractivity contribution in [1.82, 2.24) is 15.1 Å². The number of nitrogens with zero attached hydrogens (tertiary/aromatic N) is 4. The molecule has 1 fully saturated rings. The van der Waals surface area contributed by atoms with Crippen LogP contribution in [-0.2, 0) is 0 Å². The maximum atomic E-state index is 12.6. The number of rotatable bonds is 4. The molecule has 1 saturated heterocycles. The van der Waals surface area contributed by atoms with Crippen molar-refractivity contribution in [3.8, 4) is 5.88 Å². The van der Waals surface area contributed by atoms with Crippen LogP contribution in [0.15, 0.2) is 54.7 Å². The Morgan fingerprint density at radius 3 is 2.54 bits per heavy atom. The third-order valence-electron chi connectivity index (χ3n) is 4.87. The van der Waals surface area contributed by atoms with Crippen molar-refractivity contribution < 1.29 is 14.5 Å². The molecule has 4 rings (SSSR count). The van der Waals surface area contributed by atoms with E-state index in [0.717, 1.165) is 10.8 Å². The number of nitro groups is 1. The van der Waals surface area contributed by atoms with Gasteiger partial charge in [0.15, 0.2) is 0 Å². The molecule has 0 radical (unpaired) electrons. The van der Waals surface area contributed by atoms with E-state index in [2.05, 4.69) is 10.2 Å². The number of fused-ring (bicyclic) bond motifs is 1. The van der Waals surface area contributed by atoms with Gasteiger partial charge in [-0.1, -0.05) is 18.2 Å².